The van der Waals surface area contributed by atoms with Crippen molar-refractivity contribution in [3.05, 3.63) is 51.7 Å². The quantitative estimate of drug-likeness (QED) is 0.818. The van der Waals surface area contributed by atoms with Crippen LogP contribution in [0.2, 0.25) is 0 Å². The number of hydrogen-bond acceptors (Lipinski definition) is 3. The molecule has 0 radical (unpaired) electrons. The van der Waals surface area contributed by atoms with Crippen molar-refractivity contribution in [2.45, 2.75) is 13.5 Å². The van der Waals surface area contributed by atoms with Gasteiger partial charge in [0.15, 0.2) is 0 Å². The molecule has 0 aliphatic rings. The van der Waals surface area contributed by atoms with Gasteiger partial charge in [-0.1, -0.05) is 12.1 Å². The maximum Gasteiger partial charge on any atom is 0.252 e. The fourth-order valence-electron chi connectivity index (χ4n) is 1.57. The highest BCUT2D eigenvalue weighted by Gasteiger charge is 2.08. The van der Waals surface area contributed by atoms with Gasteiger partial charge in [0.2, 0.25) is 0 Å². The van der Waals surface area contributed by atoms with Crippen molar-refractivity contribution in [3.8, 4) is 0 Å². The highest BCUT2D eigenvalue weighted by Crippen LogP contribution is 2.13. The minimum Gasteiger partial charge on any atom is -0.399 e. The summed E-state index contributed by atoms with van der Waals surface area (Å²) in [5.74, 6) is -0.0359. The molecule has 0 aliphatic carbocycles. The average Bonchev–Trinajstić information content (AvgIpc) is 2.72. The molecule has 3 N–H and O–H groups in total. The van der Waals surface area contributed by atoms with Crippen molar-refractivity contribution in [2.24, 2.45) is 0 Å². The number of thiophene rings is 1. The Balaban J connectivity index is 1.99. The lowest BCUT2D eigenvalue weighted by atomic mass is 10.2. The summed E-state index contributed by atoms with van der Waals surface area (Å²) in [6, 6.07) is 7.51. The topological polar surface area (TPSA) is 55.1 Å². The second-order valence-corrected chi connectivity index (χ2v) is 4.64. The van der Waals surface area contributed by atoms with Crippen molar-refractivity contribution in [3.63, 3.8) is 0 Å². The van der Waals surface area contributed by atoms with Gasteiger partial charge in [0, 0.05) is 17.6 Å². The van der Waals surface area contributed by atoms with Gasteiger partial charge in [0.1, 0.15) is 0 Å². The minimum atomic E-state index is -0.0359. The zero-order valence-corrected chi connectivity index (χ0v) is 10.4. The van der Waals surface area contributed by atoms with Gasteiger partial charge in [0.25, 0.3) is 5.91 Å². The Morgan fingerprint density at radius 2 is 2.24 bits per heavy atom. The lowest BCUT2D eigenvalue weighted by Gasteiger charge is -2.05. The average molecular weight is 246 g/mol. The molecular weight excluding hydrogens is 232 g/mol. The fourth-order valence-corrected chi connectivity index (χ4v) is 2.40. The molecule has 3 nitrogen and oxygen atoms in total. The smallest absolute Gasteiger partial charge is 0.252 e. The first-order valence-corrected chi connectivity index (χ1v) is 6.26. The molecule has 2 rings (SSSR count). The number of nitrogens with one attached hydrogen (secondary N) is 1. The van der Waals surface area contributed by atoms with E-state index in [-0.39, 0.29) is 5.91 Å². The van der Waals surface area contributed by atoms with E-state index >= 15 is 0 Å². The van der Waals surface area contributed by atoms with Crippen molar-refractivity contribution in [2.75, 3.05) is 5.73 Å². The largest absolute Gasteiger partial charge is 0.399 e. The number of amides is 1. The molecule has 0 aliphatic heterocycles. The third-order valence-electron chi connectivity index (χ3n) is 2.50. The maximum atomic E-state index is 11.8. The van der Waals surface area contributed by atoms with Gasteiger partial charge < -0.3 is 11.1 Å². The van der Waals surface area contributed by atoms with E-state index in [0.717, 1.165) is 16.7 Å². The molecule has 0 bridgehead atoms. The van der Waals surface area contributed by atoms with Crippen LogP contribution in [-0.4, -0.2) is 5.91 Å². The summed E-state index contributed by atoms with van der Waals surface area (Å²) in [6.45, 7) is 2.44. The lowest BCUT2D eigenvalue weighted by Crippen LogP contribution is -2.22. The first kappa shape index (κ1) is 11.7. The van der Waals surface area contributed by atoms with Gasteiger partial charge in [-0.25, -0.2) is 0 Å². The molecule has 0 saturated carbocycles. The molecule has 0 unspecified atom stereocenters. The van der Waals surface area contributed by atoms with Crippen LogP contribution in [-0.2, 0) is 6.54 Å². The van der Waals surface area contributed by atoms with Crippen LogP contribution in [0.15, 0.2) is 35.0 Å². The zero-order valence-electron chi connectivity index (χ0n) is 9.57. The molecule has 0 fully saturated rings. The van der Waals surface area contributed by atoms with Crippen molar-refractivity contribution < 1.29 is 4.79 Å². The Bertz CT molecular complexity index is 534. The molecule has 1 aromatic carbocycles. The van der Waals surface area contributed by atoms with Crippen LogP contribution in [0, 0.1) is 6.92 Å². The van der Waals surface area contributed by atoms with E-state index in [2.05, 4.69) is 5.32 Å². The molecule has 0 saturated heterocycles. The first-order valence-electron chi connectivity index (χ1n) is 5.32. The number of benzene rings is 1. The van der Waals surface area contributed by atoms with Crippen LogP contribution in [0.5, 0.6) is 0 Å². The van der Waals surface area contributed by atoms with E-state index in [9.17, 15) is 4.79 Å². The van der Waals surface area contributed by atoms with Crippen LogP contribution in [0.1, 0.15) is 21.5 Å². The highest BCUT2D eigenvalue weighted by atomic mass is 32.1. The summed E-state index contributed by atoms with van der Waals surface area (Å²) in [4.78, 5) is 11.8. The summed E-state index contributed by atoms with van der Waals surface area (Å²) in [7, 11) is 0. The number of anilines is 1. The third-order valence-corrected chi connectivity index (χ3v) is 3.37. The number of hydrogen-bond donors (Lipinski definition) is 2. The summed E-state index contributed by atoms with van der Waals surface area (Å²) in [6.07, 6.45) is 0. The zero-order chi connectivity index (χ0) is 12.3. The van der Waals surface area contributed by atoms with Crippen LogP contribution in [0.25, 0.3) is 0 Å². The van der Waals surface area contributed by atoms with Crippen LogP contribution in [0.3, 0.4) is 0 Å². The molecule has 2 aromatic rings. The maximum absolute atomic E-state index is 11.8. The fraction of sp³-hybridized carbons (Fsp3) is 0.154. The van der Waals surface area contributed by atoms with Gasteiger partial charge in [0.05, 0.1) is 5.56 Å². The molecule has 0 spiro atoms. The van der Waals surface area contributed by atoms with Gasteiger partial charge in [-0.05, 0) is 35.6 Å². The number of rotatable bonds is 3. The lowest BCUT2D eigenvalue weighted by molar-refractivity contribution is 0.0951. The van der Waals surface area contributed by atoms with Gasteiger partial charge in [-0.3, -0.25) is 4.79 Å². The van der Waals surface area contributed by atoms with E-state index in [4.69, 9.17) is 5.73 Å². The molecule has 1 amide bonds. The Kier molecular flexibility index (Phi) is 3.44. The predicted octanol–water partition coefficient (Wildman–Crippen LogP) is 2.57. The number of carbonyl (C=O) groups is 1. The van der Waals surface area contributed by atoms with E-state index in [1.807, 2.05) is 41.9 Å². The van der Waals surface area contributed by atoms with Gasteiger partial charge >= 0.3 is 0 Å². The van der Waals surface area contributed by atoms with Crippen LogP contribution in [0.4, 0.5) is 5.69 Å². The molecule has 17 heavy (non-hydrogen) atoms. The van der Waals surface area contributed by atoms with Crippen molar-refractivity contribution >= 4 is 22.9 Å². The number of nitrogen functional groups attached to an aromatic ring is 1. The Morgan fingerprint density at radius 1 is 1.41 bits per heavy atom. The van der Waals surface area contributed by atoms with Gasteiger partial charge in [-0.2, -0.15) is 11.3 Å². The molecule has 1 aromatic heterocycles. The van der Waals surface area contributed by atoms with E-state index in [1.54, 1.807) is 0 Å². The first-order chi connectivity index (χ1) is 8.16. The summed E-state index contributed by atoms with van der Waals surface area (Å²) >= 11 is 1.54. The molecule has 4 heteroatoms. The Labute approximate surface area is 104 Å². The third kappa shape index (κ3) is 2.85. The van der Waals surface area contributed by atoms with Crippen molar-refractivity contribution in [1.82, 2.24) is 5.32 Å². The normalized spacial score (nSPS) is 10.2. The van der Waals surface area contributed by atoms with Gasteiger partial charge in [-0.15, -0.1) is 0 Å². The number of nitrogens with two attached hydrogens (primary N) is 1. The monoisotopic (exact) mass is 246 g/mol. The standard InChI is InChI=1S/C13H14N2OS/c1-9-7-17-8-12(9)13(16)15-6-10-3-2-4-11(14)5-10/h2-5,7-8H,6,14H2,1H3,(H,15,16). The number of aryl methyl sites for hydroxylation is 1. The van der Waals surface area contributed by atoms with E-state index in [1.165, 1.54) is 11.3 Å². The Morgan fingerprint density at radius 3 is 2.88 bits per heavy atom. The highest BCUT2D eigenvalue weighted by molar-refractivity contribution is 7.08. The SMILES string of the molecule is Cc1cscc1C(=O)NCc1cccc(N)c1. The predicted molar refractivity (Wildman–Crippen MR) is 71.1 cm³/mol. The van der Waals surface area contributed by atoms with Crippen LogP contribution >= 0.6 is 11.3 Å². The minimum absolute atomic E-state index is 0.0359. The van der Waals surface area contributed by atoms with E-state index < -0.39 is 0 Å². The number of carbonyl (C=O) groups excluding carboxylic acids is 1. The second kappa shape index (κ2) is 5.01. The molecule has 1 heterocycles. The Hall–Kier alpha value is -1.81. The second-order valence-electron chi connectivity index (χ2n) is 3.90. The molecule has 0 atom stereocenters. The van der Waals surface area contributed by atoms with E-state index in [0.29, 0.717) is 12.2 Å². The van der Waals surface area contributed by atoms with Crippen molar-refractivity contribution in [1.29, 1.82) is 0 Å². The molecule has 88 valence electrons. The van der Waals surface area contributed by atoms with Crippen LogP contribution < -0.4 is 11.1 Å². The summed E-state index contributed by atoms with van der Waals surface area (Å²) < 4.78 is 0. The summed E-state index contributed by atoms with van der Waals surface area (Å²) in [5, 5.41) is 6.71. The summed E-state index contributed by atoms with van der Waals surface area (Å²) in [5.41, 5.74) is 9.15. The molecular formula is C13H14N2OS.